The zero-order valence-electron chi connectivity index (χ0n) is 9.77. The molecule has 2 N–H and O–H groups in total. The van der Waals surface area contributed by atoms with Gasteiger partial charge in [-0.15, -0.1) is 0 Å². The van der Waals surface area contributed by atoms with Crippen LogP contribution in [0.2, 0.25) is 5.02 Å². The summed E-state index contributed by atoms with van der Waals surface area (Å²) >= 11 is 5.94. The Morgan fingerprint density at radius 2 is 2.06 bits per heavy atom. The predicted molar refractivity (Wildman–Crippen MR) is 71.8 cm³/mol. The molecule has 0 saturated carbocycles. The summed E-state index contributed by atoms with van der Waals surface area (Å²) in [5, 5.41) is 9.16. The van der Waals surface area contributed by atoms with Crippen LogP contribution in [0.5, 0.6) is 11.5 Å². The van der Waals surface area contributed by atoms with Crippen LogP contribution in [0.1, 0.15) is 11.1 Å². The second-order valence-corrected chi connectivity index (χ2v) is 4.23. The average molecular weight is 259 g/mol. The Morgan fingerprint density at radius 1 is 1.28 bits per heavy atom. The van der Waals surface area contributed by atoms with Crippen molar-refractivity contribution in [3.8, 4) is 17.6 Å². The van der Waals surface area contributed by atoms with Crippen LogP contribution >= 0.6 is 11.6 Å². The number of nitriles is 1. The zero-order chi connectivity index (χ0) is 13.1. The quantitative estimate of drug-likeness (QED) is 0.831. The highest BCUT2D eigenvalue weighted by molar-refractivity contribution is 6.31. The summed E-state index contributed by atoms with van der Waals surface area (Å²) in [4.78, 5) is 0. The van der Waals surface area contributed by atoms with Gasteiger partial charge in [-0.3, -0.25) is 0 Å². The minimum absolute atomic E-state index is 0.372. The first-order valence-electron chi connectivity index (χ1n) is 5.34. The van der Waals surface area contributed by atoms with Crippen molar-refractivity contribution >= 4 is 17.3 Å². The van der Waals surface area contributed by atoms with Gasteiger partial charge in [0.25, 0.3) is 0 Å². The van der Waals surface area contributed by atoms with Crippen molar-refractivity contribution in [3.05, 3.63) is 52.5 Å². The monoisotopic (exact) mass is 258 g/mol. The number of rotatable bonds is 2. The molecule has 0 bridgehead atoms. The van der Waals surface area contributed by atoms with Gasteiger partial charge in [0.2, 0.25) is 0 Å². The van der Waals surface area contributed by atoms with Crippen LogP contribution in [0, 0.1) is 18.3 Å². The van der Waals surface area contributed by atoms with Crippen molar-refractivity contribution in [3.63, 3.8) is 0 Å². The highest BCUT2D eigenvalue weighted by Crippen LogP contribution is 2.30. The van der Waals surface area contributed by atoms with Gasteiger partial charge >= 0.3 is 0 Å². The third-order valence-corrected chi connectivity index (χ3v) is 2.93. The van der Waals surface area contributed by atoms with Crippen molar-refractivity contribution < 1.29 is 4.74 Å². The number of hydrogen-bond acceptors (Lipinski definition) is 3. The van der Waals surface area contributed by atoms with Crippen LogP contribution in [0.4, 0.5) is 5.69 Å². The lowest BCUT2D eigenvalue weighted by Gasteiger charge is -2.10. The van der Waals surface area contributed by atoms with E-state index in [1.165, 1.54) is 0 Å². The largest absolute Gasteiger partial charge is 0.457 e. The second-order valence-electron chi connectivity index (χ2n) is 3.83. The maximum absolute atomic E-state index is 8.79. The Kier molecular flexibility index (Phi) is 3.40. The summed E-state index contributed by atoms with van der Waals surface area (Å²) in [5.41, 5.74) is 7.77. The van der Waals surface area contributed by atoms with Gasteiger partial charge in [0.05, 0.1) is 10.6 Å². The lowest BCUT2D eigenvalue weighted by molar-refractivity contribution is 0.479. The molecule has 0 heterocycles. The fourth-order valence-electron chi connectivity index (χ4n) is 1.52. The fraction of sp³-hybridized carbons (Fsp3) is 0.0714. The van der Waals surface area contributed by atoms with Gasteiger partial charge in [-0.25, -0.2) is 0 Å². The molecule has 0 saturated heterocycles. The Bertz CT molecular complexity index is 632. The van der Waals surface area contributed by atoms with Crippen LogP contribution in [0.15, 0.2) is 36.4 Å². The minimum Gasteiger partial charge on any atom is -0.457 e. The summed E-state index contributed by atoms with van der Waals surface area (Å²) in [6.07, 6.45) is 0. The average Bonchev–Trinajstić information content (AvgIpc) is 2.35. The number of nitrogens with two attached hydrogens (primary N) is 1. The van der Waals surface area contributed by atoms with E-state index in [1.807, 2.05) is 31.2 Å². The summed E-state index contributed by atoms with van der Waals surface area (Å²) < 4.78 is 5.70. The molecule has 3 nitrogen and oxygen atoms in total. The summed E-state index contributed by atoms with van der Waals surface area (Å²) in [5.74, 6) is 1.25. The van der Waals surface area contributed by atoms with E-state index in [4.69, 9.17) is 27.3 Å². The number of nitrogen functional groups attached to an aromatic ring is 1. The topological polar surface area (TPSA) is 59.0 Å². The Hall–Kier alpha value is -2.18. The SMILES string of the molecule is Cc1c(N)cccc1Oc1ccc(C#N)c(Cl)c1. The molecule has 2 aromatic rings. The van der Waals surface area contributed by atoms with Crippen LogP contribution in [-0.2, 0) is 0 Å². The van der Waals surface area contributed by atoms with E-state index >= 15 is 0 Å². The lowest BCUT2D eigenvalue weighted by Crippen LogP contribution is -1.93. The molecule has 2 rings (SSSR count). The number of benzene rings is 2. The normalized spacial score (nSPS) is 9.83. The van der Waals surface area contributed by atoms with E-state index in [1.54, 1.807) is 18.2 Å². The van der Waals surface area contributed by atoms with Crippen LogP contribution in [0.25, 0.3) is 0 Å². The standard InChI is InChI=1S/C14H11ClN2O/c1-9-13(17)3-2-4-14(9)18-11-6-5-10(8-16)12(15)7-11/h2-7H,17H2,1H3. The third kappa shape index (κ3) is 2.39. The Labute approximate surface area is 110 Å². The number of hydrogen-bond donors (Lipinski definition) is 1. The third-order valence-electron chi connectivity index (χ3n) is 2.61. The number of halogens is 1. The summed E-state index contributed by atoms with van der Waals surface area (Å²) in [6.45, 7) is 1.88. The zero-order valence-corrected chi connectivity index (χ0v) is 10.5. The Morgan fingerprint density at radius 3 is 2.72 bits per heavy atom. The summed E-state index contributed by atoms with van der Waals surface area (Å²) in [6, 6.07) is 12.4. The fourth-order valence-corrected chi connectivity index (χ4v) is 1.73. The molecule has 0 radical (unpaired) electrons. The van der Waals surface area contributed by atoms with Gasteiger partial charge in [0.15, 0.2) is 0 Å². The lowest BCUT2D eigenvalue weighted by atomic mass is 10.2. The van der Waals surface area contributed by atoms with Gasteiger partial charge in [-0.1, -0.05) is 17.7 Å². The molecule has 0 atom stereocenters. The first kappa shape index (κ1) is 12.3. The maximum Gasteiger partial charge on any atom is 0.132 e. The van der Waals surface area contributed by atoms with Gasteiger partial charge in [0, 0.05) is 17.3 Å². The minimum atomic E-state index is 0.372. The van der Waals surface area contributed by atoms with Crippen molar-refractivity contribution in [2.75, 3.05) is 5.73 Å². The molecule has 0 aliphatic heterocycles. The smallest absolute Gasteiger partial charge is 0.132 e. The second kappa shape index (κ2) is 4.99. The van der Waals surface area contributed by atoms with E-state index in [2.05, 4.69) is 0 Å². The van der Waals surface area contributed by atoms with Crippen LogP contribution < -0.4 is 10.5 Å². The molecular formula is C14H11ClN2O. The van der Waals surface area contributed by atoms with Crippen molar-refractivity contribution in [2.24, 2.45) is 0 Å². The molecule has 90 valence electrons. The van der Waals surface area contributed by atoms with E-state index in [-0.39, 0.29) is 0 Å². The van der Waals surface area contributed by atoms with E-state index in [9.17, 15) is 0 Å². The molecule has 0 aromatic heterocycles. The Balaban J connectivity index is 2.32. The van der Waals surface area contributed by atoms with Gasteiger partial charge in [-0.2, -0.15) is 5.26 Å². The van der Waals surface area contributed by atoms with Gasteiger partial charge in [0.1, 0.15) is 17.6 Å². The molecule has 0 aliphatic rings. The molecule has 0 aliphatic carbocycles. The first-order valence-corrected chi connectivity index (χ1v) is 5.72. The van der Waals surface area contributed by atoms with Crippen molar-refractivity contribution in [1.82, 2.24) is 0 Å². The van der Waals surface area contributed by atoms with Crippen LogP contribution in [0.3, 0.4) is 0 Å². The van der Waals surface area contributed by atoms with Gasteiger partial charge < -0.3 is 10.5 Å². The molecule has 0 spiro atoms. The first-order chi connectivity index (χ1) is 8.61. The number of nitrogens with zero attached hydrogens (tertiary/aromatic N) is 1. The highest BCUT2D eigenvalue weighted by atomic mass is 35.5. The van der Waals surface area contributed by atoms with E-state index in [0.29, 0.717) is 27.8 Å². The highest BCUT2D eigenvalue weighted by Gasteiger charge is 2.06. The van der Waals surface area contributed by atoms with Crippen LogP contribution in [-0.4, -0.2) is 0 Å². The molecule has 0 amide bonds. The van der Waals surface area contributed by atoms with E-state index < -0.39 is 0 Å². The molecule has 4 heteroatoms. The van der Waals surface area contributed by atoms with Crippen molar-refractivity contribution in [2.45, 2.75) is 6.92 Å². The predicted octanol–water partition coefficient (Wildman–Crippen LogP) is 3.89. The molecule has 2 aromatic carbocycles. The van der Waals surface area contributed by atoms with Crippen molar-refractivity contribution in [1.29, 1.82) is 5.26 Å². The molecule has 0 fully saturated rings. The molecule has 18 heavy (non-hydrogen) atoms. The molecular weight excluding hydrogens is 248 g/mol. The number of anilines is 1. The maximum atomic E-state index is 8.79. The van der Waals surface area contributed by atoms with Gasteiger partial charge in [-0.05, 0) is 31.2 Å². The molecule has 0 unspecified atom stereocenters. The van der Waals surface area contributed by atoms with E-state index in [0.717, 1.165) is 5.56 Å². The number of ether oxygens (including phenoxy) is 1. The summed E-state index contributed by atoms with van der Waals surface area (Å²) in [7, 11) is 0.